The first kappa shape index (κ1) is 11.5. The van der Waals surface area contributed by atoms with Crippen LogP contribution in [0, 0.1) is 6.92 Å². The van der Waals surface area contributed by atoms with Crippen LogP contribution in [0.2, 0.25) is 0 Å². The van der Waals surface area contributed by atoms with E-state index >= 15 is 0 Å². The number of H-pyrrole nitrogens is 1. The molecule has 3 aromatic rings. The zero-order chi connectivity index (χ0) is 13.4. The summed E-state index contributed by atoms with van der Waals surface area (Å²) in [6.07, 6.45) is 0. The van der Waals surface area contributed by atoms with Crippen LogP contribution in [0.25, 0.3) is 22.6 Å². The lowest BCUT2D eigenvalue weighted by Crippen LogP contribution is -1.93. The van der Waals surface area contributed by atoms with Crippen molar-refractivity contribution in [2.75, 3.05) is 12.8 Å². The molecular formula is C14H14N4O. The summed E-state index contributed by atoms with van der Waals surface area (Å²) in [5.41, 5.74) is 9.97. The first-order chi connectivity index (χ1) is 9.17. The number of hydrogen-bond acceptors (Lipinski definition) is 4. The summed E-state index contributed by atoms with van der Waals surface area (Å²) < 4.78 is 5.14. The lowest BCUT2D eigenvalue weighted by atomic mass is 10.2. The number of nitrogen functional groups attached to an aromatic ring is 1. The Kier molecular flexibility index (Phi) is 2.59. The van der Waals surface area contributed by atoms with Crippen molar-refractivity contribution >= 4 is 16.9 Å². The summed E-state index contributed by atoms with van der Waals surface area (Å²) in [4.78, 5) is 12.1. The molecule has 1 aromatic carbocycles. The Labute approximate surface area is 110 Å². The van der Waals surface area contributed by atoms with Gasteiger partial charge in [0, 0.05) is 11.3 Å². The Morgan fingerprint density at radius 1 is 1.16 bits per heavy atom. The second kappa shape index (κ2) is 4.28. The molecule has 0 aliphatic rings. The average Bonchev–Trinajstić information content (AvgIpc) is 2.81. The molecule has 0 aliphatic carbocycles. The number of fused-ring (bicyclic) bond motifs is 1. The zero-order valence-electron chi connectivity index (χ0n) is 10.8. The van der Waals surface area contributed by atoms with Crippen molar-refractivity contribution in [1.29, 1.82) is 0 Å². The van der Waals surface area contributed by atoms with E-state index in [9.17, 15) is 0 Å². The summed E-state index contributed by atoms with van der Waals surface area (Å²) in [5.74, 6) is 1.41. The summed E-state index contributed by atoms with van der Waals surface area (Å²) in [5, 5.41) is 0. The average molecular weight is 254 g/mol. The molecule has 0 aliphatic heterocycles. The number of methoxy groups -OCH3 is 1. The smallest absolute Gasteiger partial charge is 0.178 e. The molecule has 0 bridgehead atoms. The van der Waals surface area contributed by atoms with E-state index in [0.717, 1.165) is 22.6 Å². The van der Waals surface area contributed by atoms with Crippen molar-refractivity contribution in [1.82, 2.24) is 15.0 Å². The summed E-state index contributed by atoms with van der Waals surface area (Å²) >= 11 is 0. The van der Waals surface area contributed by atoms with Crippen LogP contribution in [0.1, 0.15) is 5.69 Å². The van der Waals surface area contributed by atoms with Crippen LogP contribution < -0.4 is 10.5 Å². The zero-order valence-corrected chi connectivity index (χ0v) is 10.8. The molecule has 0 saturated carbocycles. The molecule has 0 radical (unpaired) electrons. The van der Waals surface area contributed by atoms with Crippen molar-refractivity contribution in [3.05, 3.63) is 36.0 Å². The van der Waals surface area contributed by atoms with Crippen LogP contribution in [-0.2, 0) is 0 Å². The van der Waals surface area contributed by atoms with E-state index in [2.05, 4.69) is 15.0 Å². The Hall–Kier alpha value is -2.56. The molecule has 5 heteroatoms. The van der Waals surface area contributed by atoms with Gasteiger partial charge in [-0.3, -0.25) is 0 Å². The van der Waals surface area contributed by atoms with Gasteiger partial charge in [-0.1, -0.05) is 0 Å². The van der Waals surface area contributed by atoms with Crippen molar-refractivity contribution in [3.8, 4) is 17.1 Å². The molecular weight excluding hydrogens is 240 g/mol. The molecule has 0 atom stereocenters. The number of pyridine rings is 1. The van der Waals surface area contributed by atoms with Gasteiger partial charge in [-0.25, -0.2) is 9.97 Å². The number of nitrogens with zero attached hydrogens (tertiary/aromatic N) is 2. The fourth-order valence-electron chi connectivity index (χ4n) is 2.01. The SMILES string of the molecule is COc1ccc(-c2nc3nc(C)ccc3[nH]2)cc1N. The number of imidazole rings is 1. The van der Waals surface area contributed by atoms with Crippen molar-refractivity contribution in [2.24, 2.45) is 0 Å². The molecule has 3 N–H and O–H groups in total. The highest BCUT2D eigenvalue weighted by Gasteiger charge is 2.08. The predicted molar refractivity (Wildman–Crippen MR) is 75.0 cm³/mol. The maximum Gasteiger partial charge on any atom is 0.178 e. The van der Waals surface area contributed by atoms with E-state index in [4.69, 9.17) is 10.5 Å². The lowest BCUT2D eigenvalue weighted by Gasteiger charge is -2.05. The molecule has 0 saturated heterocycles. The number of benzene rings is 1. The van der Waals surface area contributed by atoms with Crippen LogP contribution in [0.4, 0.5) is 5.69 Å². The highest BCUT2D eigenvalue weighted by molar-refractivity contribution is 5.77. The van der Waals surface area contributed by atoms with E-state index in [1.165, 1.54) is 0 Å². The van der Waals surface area contributed by atoms with Crippen LogP contribution in [0.15, 0.2) is 30.3 Å². The Morgan fingerprint density at radius 3 is 2.74 bits per heavy atom. The van der Waals surface area contributed by atoms with Crippen LogP contribution >= 0.6 is 0 Å². The Bertz CT molecular complexity index is 748. The molecule has 3 rings (SSSR count). The number of aromatic nitrogens is 3. The van der Waals surface area contributed by atoms with Gasteiger partial charge in [0.15, 0.2) is 5.65 Å². The van der Waals surface area contributed by atoms with E-state index in [1.807, 2.05) is 37.3 Å². The summed E-state index contributed by atoms with van der Waals surface area (Å²) in [7, 11) is 1.60. The molecule has 2 heterocycles. The number of aryl methyl sites for hydroxylation is 1. The number of nitrogens with two attached hydrogens (primary N) is 1. The number of anilines is 1. The lowest BCUT2D eigenvalue weighted by molar-refractivity contribution is 0.417. The highest BCUT2D eigenvalue weighted by atomic mass is 16.5. The fourth-order valence-corrected chi connectivity index (χ4v) is 2.01. The van der Waals surface area contributed by atoms with Gasteiger partial charge in [0.05, 0.1) is 18.3 Å². The van der Waals surface area contributed by atoms with Gasteiger partial charge in [-0.2, -0.15) is 0 Å². The molecule has 0 unspecified atom stereocenters. The van der Waals surface area contributed by atoms with E-state index in [1.54, 1.807) is 7.11 Å². The number of rotatable bonds is 2. The quantitative estimate of drug-likeness (QED) is 0.689. The molecule has 19 heavy (non-hydrogen) atoms. The normalized spacial score (nSPS) is 10.8. The van der Waals surface area contributed by atoms with Crippen LogP contribution in [0.5, 0.6) is 5.75 Å². The minimum atomic E-state index is 0.588. The number of nitrogens with one attached hydrogen (secondary N) is 1. The van der Waals surface area contributed by atoms with E-state index in [0.29, 0.717) is 17.1 Å². The molecule has 0 fully saturated rings. The summed E-state index contributed by atoms with van der Waals surface area (Å²) in [6.45, 7) is 1.94. The number of hydrogen-bond donors (Lipinski definition) is 2. The first-order valence-corrected chi connectivity index (χ1v) is 5.94. The topological polar surface area (TPSA) is 76.8 Å². The fraction of sp³-hybridized carbons (Fsp3) is 0.143. The third-order valence-corrected chi connectivity index (χ3v) is 2.99. The minimum Gasteiger partial charge on any atom is -0.495 e. The number of aromatic amines is 1. The van der Waals surface area contributed by atoms with Gasteiger partial charge in [-0.15, -0.1) is 0 Å². The predicted octanol–water partition coefficient (Wildman–Crippen LogP) is 2.52. The van der Waals surface area contributed by atoms with Crippen LogP contribution in [0.3, 0.4) is 0 Å². The van der Waals surface area contributed by atoms with Gasteiger partial charge in [0.1, 0.15) is 11.6 Å². The van der Waals surface area contributed by atoms with Gasteiger partial charge in [-0.05, 0) is 37.3 Å². The van der Waals surface area contributed by atoms with Gasteiger partial charge < -0.3 is 15.5 Å². The van der Waals surface area contributed by atoms with Crippen LogP contribution in [-0.4, -0.2) is 22.1 Å². The maximum atomic E-state index is 5.91. The maximum absolute atomic E-state index is 5.91. The third-order valence-electron chi connectivity index (χ3n) is 2.99. The van der Waals surface area contributed by atoms with E-state index < -0.39 is 0 Å². The molecule has 0 spiro atoms. The third kappa shape index (κ3) is 1.99. The standard InChI is InChI=1S/C14H14N4O/c1-8-3-5-11-14(16-8)18-13(17-11)9-4-6-12(19-2)10(15)7-9/h3-7H,15H2,1-2H3,(H,16,17,18). The largest absolute Gasteiger partial charge is 0.495 e. The van der Waals surface area contributed by atoms with Gasteiger partial charge >= 0.3 is 0 Å². The molecule has 2 aromatic heterocycles. The van der Waals surface area contributed by atoms with Crippen molar-refractivity contribution in [2.45, 2.75) is 6.92 Å². The van der Waals surface area contributed by atoms with E-state index in [-0.39, 0.29) is 0 Å². The Morgan fingerprint density at radius 2 is 2.00 bits per heavy atom. The monoisotopic (exact) mass is 254 g/mol. The Balaban J connectivity index is 2.11. The van der Waals surface area contributed by atoms with Crippen molar-refractivity contribution in [3.63, 3.8) is 0 Å². The van der Waals surface area contributed by atoms with Crippen molar-refractivity contribution < 1.29 is 4.74 Å². The molecule has 96 valence electrons. The second-order valence-corrected chi connectivity index (χ2v) is 4.37. The van der Waals surface area contributed by atoms with Gasteiger partial charge in [0.2, 0.25) is 0 Å². The summed E-state index contributed by atoms with van der Waals surface area (Å²) in [6, 6.07) is 9.51. The minimum absolute atomic E-state index is 0.588. The molecule has 5 nitrogen and oxygen atoms in total. The molecule has 0 amide bonds. The first-order valence-electron chi connectivity index (χ1n) is 5.94. The van der Waals surface area contributed by atoms with Gasteiger partial charge in [0.25, 0.3) is 0 Å². The second-order valence-electron chi connectivity index (χ2n) is 4.37. The highest BCUT2D eigenvalue weighted by Crippen LogP contribution is 2.27. The number of ether oxygens (including phenoxy) is 1.